The topological polar surface area (TPSA) is 47.3 Å². The molecule has 3 aromatic rings. The van der Waals surface area contributed by atoms with Crippen molar-refractivity contribution in [2.45, 2.75) is 46.3 Å². The van der Waals surface area contributed by atoms with Gasteiger partial charge in [0.2, 0.25) is 0 Å². The molecule has 0 aliphatic heterocycles. The summed E-state index contributed by atoms with van der Waals surface area (Å²) in [6.07, 6.45) is 1.29. The van der Waals surface area contributed by atoms with Gasteiger partial charge in [-0.2, -0.15) is 0 Å². The van der Waals surface area contributed by atoms with Gasteiger partial charge < -0.3 is 14.4 Å². The van der Waals surface area contributed by atoms with Crippen LogP contribution in [0.3, 0.4) is 0 Å². The van der Waals surface area contributed by atoms with Crippen LogP contribution >= 0.6 is 11.6 Å². The summed E-state index contributed by atoms with van der Waals surface area (Å²) in [5.74, 6) is 1.58. The number of fused-ring (bicyclic) bond motifs is 1. The Balaban J connectivity index is 1.59. The molecule has 0 aliphatic carbocycles. The zero-order valence-electron chi connectivity index (χ0n) is 15.5. The Labute approximate surface area is 159 Å². The van der Waals surface area contributed by atoms with E-state index in [0.717, 1.165) is 58.1 Å². The molecule has 1 aromatic heterocycles. The molecule has 1 heterocycles. The van der Waals surface area contributed by atoms with Crippen LogP contribution in [0.15, 0.2) is 36.4 Å². The summed E-state index contributed by atoms with van der Waals surface area (Å²) in [6, 6.07) is 11.9. The minimum absolute atomic E-state index is 0.585. The van der Waals surface area contributed by atoms with E-state index in [2.05, 4.69) is 9.55 Å². The lowest BCUT2D eigenvalue weighted by atomic mass is 10.1. The van der Waals surface area contributed by atoms with Crippen LogP contribution in [0.2, 0.25) is 5.02 Å². The van der Waals surface area contributed by atoms with E-state index in [1.165, 1.54) is 0 Å². The summed E-state index contributed by atoms with van der Waals surface area (Å²) in [4.78, 5) is 4.56. The molecule has 138 valence electrons. The van der Waals surface area contributed by atoms with Gasteiger partial charge in [-0.25, -0.2) is 4.98 Å². The van der Waals surface area contributed by atoms with Crippen LogP contribution < -0.4 is 4.74 Å². The first-order valence-electron chi connectivity index (χ1n) is 9.00. The highest BCUT2D eigenvalue weighted by atomic mass is 35.5. The van der Waals surface area contributed by atoms with Gasteiger partial charge >= 0.3 is 0 Å². The number of nitrogens with zero attached hydrogens (tertiary/aromatic N) is 2. The van der Waals surface area contributed by atoms with Crippen molar-refractivity contribution in [1.82, 2.24) is 9.55 Å². The smallest absolute Gasteiger partial charge is 0.138 e. The second-order valence-corrected chi connectivity index (χ2v) is 7.09. The number of aliphatic hydroxyl groups excluding tert-OH is 1. The fourth-order valence-electron chi connectivity index (χ4n) is 3.20. The van der Waals surface area contributed by atoms with Gasteiger partial charge in [0.25, 0.3) is 0 Å². The zero-order chi connectivity index (χ0) is 18.7. The lowest BCUT2D eigenvalue weighted by Gasteiger charge is -2.12. The molecule has 0 fully saturated rings. The molecule has 1 N–H and O–H groups in total. The summed E-state index contributed by atoms with van der Waals surface area (Å²) >= 11 is 6.19. The molecule has 1 unspecified atom stereocenters. The van der Waals surface area contributed by atoms with Crippen LogP contribution in [-0.4, -0.2) is 21.3 Å². The highest BCUT2D eigenvalue weighted by Gasteiger charge is 2.14. The Morgan fingerprint density at radius 1 is 1.15 bits per heavy atom. The number of para-hydroxylation sites is 2. The maximum absolute atomic E-state index is 10.0. The fourth-order valence-corrected chi connectivity index (χ4v) is 3.31. The number of hydrogen-bond donors (Lipinski definition) is 1. The highest BCUT2D eigenvalue weighted by Crippen LogP contribution is 2.26. The average Bonchev–Trinajstić information content (AvgIpc) is 2.98. The van der Waals surface area contributed by atoms with E-state index in [0.29, 0.717) is 6.61 Å². The largest absolute Gasteiger partial charge is 0.494 e. The Hall–Kier alpha value is -2.04. The van der Waals surface area contributed by atoms with E-state index < -0.39 is 6.10 Å². The predicted molar refractivity (Wildman–Crippen MR) is 106 cm³/mol. The van der Waals surface area contributed by atoms with Gasteiger partial charge in [-0.05, 0) is 69.0 Å². The first-order chi connectivity index (χ1) is 12.5. The lowest BCUT2D eigenvalue weighted by Crippen LogP contribution is -2.08. The summed E-state index contributed by atoms with van der Waals surface area (Å²) in [7, 11) is 0. The van der Waals surface area contributed by atoms with Crippen molar-refractivity contribution in [3.63, 3.8) is 0 Å². The number of halogens is 1. The van der Waals surface area contributed by atoms with E-state index in [4.69, 9.17) is 16.3 Å². The third-order valence-corrected chi connectivity index (χ3v) is 5.11. The predicted octanol–water partition coefficient (Wildman–Crippen LogP) is 5.22. The minimum atomic E-state index is -0.585. The van der Waals surface area contributed by atoms with Crippen molar-refractivity contribution in [3.8, 4) is 5.75 Å². The number of benzene rings is 2. The normalized spacial score (nSPS) is 12.5. The summed E-state index contributed by atoms with van der Waals surface area (Å²) < 4.78 is 7.98. The monoisotopic (exact) mass is 372 g/mol. The van der Waals surface area contributed by atoms with Crippen LogP contribution in [0.25, 0.3) is 11.0 Å². The molecule has 0 bridgehead atoms. The number of ether oxygens (including phenoxy) is 1. The average molecular weight is 373 g/mol. The Morgan fingerprint density at radius 3 is 2.54 bits per heavy atom. The zero-order valence-corrected chi connectivity index (χ0v) is 16.3. The Kier molecular flexibility index (Phi) is 5.84. The van der Waals surface area contributed by atoms with Crippen LogP contribution in [-0.2, 0) is 6.54 Å². The van der Waals surface area contributed by atoms with Crippen molar-refractivity contribution in [3.05, 3.63) is 58.4 Å². The maximum atomic E-state index is 10.0. The minimum Gasteiger partial charge on any atom is -0.494 e. The number of unbranched alkanes of at least 4 members (excludes halogenated alkanes) is 1. The van der Waals surface area contributed by atoms with Crippen LogP contribution in [0.4, 0.5) is 0 Å². The quantitative estimate of drug-likeness (QED) is 0.578. The third kappa shape index (κ3) is 4.02. The van der Waals surface area contributed by atoms with Crippen molar-refractivity contribution < 1.29 is 9.84 Å². The lowest BCUT2D eigenvalue weighted by molar-refractivity contribution is 0.184. The second-order valence-electron chi connectivity index (χ2n) is 6.71. The van der Waals surface area contributed by atoms with Crippen molar-refractivity contribution in [2.75, 3.05) is 6.61 Å². The van der Waals surface area contributed by atoms with Gasteiger partial charge in [0.1, 0.15) is 17.7 Å². The molecule has 5 heteroatoms. The number of aliphatic hydroxyl groups is 1. The van der Waals surface area contributed by atoms with E-state index in [1.807, 2.05) is 50.2 Å². The van der Waals surface area contributed by atoms with E-state index in [1.54, 1.807) is 6.92 Å². The Morgan fingerprint density at radius 2 is 1.85 bits per heavy atom. The molecule has 26 heavy (non-hydrogen) atoms. The third-order valence-electron chi connectivity index (χ3n) is 4.51. The van der Waals surface area contributed by atoms with Crippen molar-refractivity contribution in [2.24, 2.45) is 0 Å². The molecule has 0 saturated carbocycles. The fraction of sp³-hybridized carbons (Fsp3) is 0.381. The van der Waals surface area contributed by atoms with Crippen LogP contribution in [0, 0.1) is 13.8 Å². The summed E-state index contributed by atoms with van der Waals surface area (Å²) in [6.45, 7) is 7.19. The number of aromatic nitrogens is 2. The van der Waals surface area contributed by atoms with Gasteiger partial charge in [0.05, 0.1) is 17.6 Å². The SMILES string of the molecule is Cc1cc(OCCCCn2c(C(C)O)nc3ccccc32)cc(C)c1Cl. The number of imidazole rings is 1. The van der Waals surface area contributed by atoms with Crippen LogP contribution in [0.5, 0.6) is 5.75 Å². The van der Waals surface area contributed by atoms with E-state index >= 15 is 0 Å². The molecule has 2 aromatic carbocycles. The highest BCUT2D eigenvalue weighted by molar-refractivity contribution is 6.32. The number of hydrogen-bond acceptors (Lipinski definition) is 3. The van der Waals surface area contributed by atoms with Crippen LogP contribution in [0.1, 0.15) is 42.8 Å². The summed E-state index contributed by atoms with van der Waals surface area (Å²) in [5.41, 5.74) is 4.06. The van der Waals surface area contributed by atoms with Gasteiger partial charge in [0.15, 0.2) is 0 Å². The molecular weight excluding hydrogens is 348 g/mol. The molecule has 1 atom stereocenters. The molecule has 0 radical (unpaired) electrons. The van der Waals surface area contributed by atoms with E-state index in [-0.39, 0.29) is 0 Å². The molecule has 0 spiro atoms. The van der Waals surface area contributed by atoms with Gasteiger partial charge in [-0.3, -0.25) is 0 Å². The molecule has 0 amide bonds. The second kappa shape index (κ2) is 8.11. The molecule has 0 aliphatic rings. The molecule has 4 nitrogen and oxygen atoms in total. The van der Waals surface area contributed by atoms with Gasteiger partial charge in [0, 0.05) is 11.6 Å². The first kappa shape index (κ1) is 18.7. The first-order valence-corrected chi connectivity index (χ1v) is 9.38. The molecular formula is C21H25ClN2O2. The number of rotatable bonds is 7. The van der Waals surface area contributed by atoms with Crippen molar-refractivity contribution in [1.29, 1.82) is 0 Å². The van der Waals surface area contributed by atoms with E-state index in [9.17, 15) is 5.11 Å². The number of aryl methyl sites for hydroxylation is 3. The van der Waals surface area contributed by atoms with Gasteiger partial charge in [-0.1, -0.05) is 23.7 Å². The van der Waals surface area contributed by atoms with Gasteiger partial charge in [-0.15, -0.1) is 0 Å². The van der Waals surface area contributed by atoms with Crippen molar-refractivity contribution >= 4 is 22.6 Å². The maximum Gasteiger partial charge on any atom is 0.138 e. The Bertz CT molecular complexity index is 879. The molecule has 0 saturated heterocycles. The standard InChI is InChI=1S/C21H25ClN2O2/c1-14-12-17(13-15(2)20(14)22)26-11-7-6-10-24-19-9-5-4-8-18(19)23-21(24)16(3)25/h4-5,8-9,12-13,16,25H,6-7,10-11H2,1-3H3. The molecule has 3 rings (SSSR count). The summed E-state index contributed by atoms with van der Waals surface area (Å²) in [5, 5.41) is 10.8.